The third-order valence-electron chi connectivity index (χ3n) is 2.52. The molecule has 0 aliphatic rings. The van der Waals surface area contributed by atoms with E-state index in [0.717, 1.165) is 10.9 Å². The highest BCUT2D eigenvalue weighted by Gasteiger charge is 2.10. The van der Waals surface area contributed by atoms with Crippen molar-refractivity contribution in [3.8, 4) is 0 Å². The maximum atomic E-state index is 11.9. The van der Waals surface area contributed by atoms with E-state index in [2.05, 4.69) is 15.6 Å². The number of H-pyrrole nitrogens is 1. The zero-order valence-corrected chi connectivity index (χ0v) is 9.56. The quantitative estimate of drug-likeness (QED) is 0.611. The van der Waals surface area contributed by atoms with Crippen molar-refractivity contribution in [2.75, 3.05) is 13.1 Å². The summed E-state index contributed by atoms with van der Waals surface area (Å²) in [6, 6.07) is 7.49. The number of para-hydroxylation sites is 1. The second-order valence-electron chi connectivity index (χ2n) is 3.74. The predicted molar refractivity (Wildman–Crippen MR) is 66.7 cm³/mol. The van der Waals surface area contributed by atoms with Gasteiger partial charge >= 0.3 is 6.09 Å². The van der Waals surface area contributed by atoms with Gasteiger partial charge in [-0.2, -0.15) is 0 Å². The zero-order chi connectivity index (χ0) is 13.0. The number of rotatable bonds is 4. The molecule has 0 radical (unpaired) electrons. The minimum atomic E-state index is -1.10. The number of amides is 2. The lowest BCUT2D eigenvalue weighted by molar-refractivity contribution is 0.0955. The number of fused-ring (bicyclic) bond motifs is 1. The Bertz CT molecular complexity index is 577. The third-order valence-corrected chi connectivity index (χ3v) is 2.52. The third kappa shape index (κ3) is 2.60. The molecule has 0 aliphatic carbocycles. The normalized spacial score (nSPS) is 10.2. The number of hydrogen-bond donors (Lipinski definition) is 4. The molecular weight excluding hydrogens is 234 g/mol. The lowest BCUT2D eigenvalue weighted by Crippen LogP contribution is -2.33. The van der Waals surface area contributed by atoms with E-state index in [0.29, 0.717) is 5.56 Å². The van der Waals surface area contributed by atoms with E-state index in [1.807, 2.05) is 24.3 Å². The summed E-state index contributed by atoms with van der Waals surface area (Å²) in [5, 5.41) is 14.0. The fourth-order valence-corrected chi connectivity index (χ4v) is 1.70. The Balaban J connectivity index is 1.99. The highest BCUT2D eigenvalue weighted by molar-refractivity contribution is 6.06. The molecule has 94 valence electrons. The lowest BCUT2D eigenvalue weighted by atomic mass is 10.1. The molecule has 0 unspecified atom stereocenters. The summed E-state index contributed by atoms with van der Waals surface area (Å²) in [7, 11) is 0. The number of carbonyl (C=O) groups excluding carboxylic acids is 1. The summed E-state index contributed by atoms with van der Waals surface area (Å²) in [4.78, 5) is 25.1. The van der Waals surface area contributed by atoms with Crippen molar-refractivity contribution in [2.24, 2.45) is 0 Å². The molecule has 0 spiro atoms. The van der Waals surface area contributed by atoms with Crippen LogP contribution in [0, 0.1) is 0 Å². The molecule has 1 aromatic heterocycles. The van der Waals surface area contributed by atoms with Crippen molar-refractivity contribution in [2.45, 2.75) is 0 Å². The highest BCUT2D eigenvalue weighted by Crippen LogP contribution is 2.17. The van der Waals surface area contributed by atoms with Crippen LogP contribution in [0.5, 0.6) is 0 Å². The summed E-state index contributed by atoms with van der Waals surface area (Å²) in [5.74, 6) is -0.223. The van der Waals surface area contributed by atoms with E-state index in [9.17, 15) is 9.59 Å². The van der Waals surface area contributed by atoms with Crippen molar-refractivity contribution < 1.29 is 14.7 Å². The van der Waals surface area contributed by atoms with Crippen LogP contribution in [0.1, 0.15) is 10.4 Å². The first-order valence-electron chi connectivity index (χ1n) is 5.49. The molecular formula is C12H13N3O3. The first-order chi connectivity index (χ1) is 8.68. The van der Waals surface area contributed by atoms with Crippen molar-refractivity contribution in [3.63, 3.8) is 0 Å². The van der Waals surface area contributed by atoms with Crippen LogP contribution in [0.15, 0.2) is 30.5 Å². The minimum absolute atomic E-state index is 0.184. The van der Waals surface area contributed by atoms with Crippen LogP contribution in [0.3, 0.4) is 0 Å². The molecule has 0 aliphatic heterocycles. The molecule has 2 aromatic rings. The fraction of sp³-hybridized carbons (Fsp3) is 0.167. The van der Waals surface area contributed by atoms with Gasteiger partial charge in [0.05, 0.1) is 5.56 Å². The molecule has 18 heavy (non-hydrogen) atoms. The van der Waals surface area contributed by atoms with Crippen LogP contribution in [0.4, 0.5) is 4.79 Å². The summed E-state index contributed by atoms with van der Waals surface area (Å²) < 4.78 is 0. The van der Waals surface area contributed by atoms with Gasteiger partial charge in [-0.05, 0) is 6.07 Å². The summed E-state index contributed by atoms with van der Waals surface area (Å²) in [6.45, 7) is 0.439. The van der Waals surface area contributed by atoms with Gasteiger partial charge in [0, 0.05) is 30.2 Å². The van der Waals surface area contributed by atoms with Crippen LogP contribution >= 0.6 is 0 Å². The molecule has 6 heteroatoms. The number of carboxylic acid groups (broad SMARTS) is 1. The van der Waals surface area contributed by atoms with Crippen LogP contribution in [0.2, 0.25) is 0 Å². The lowest BCUT2D eigenvalue weighted by Gasteiger charge is -2.04. The molecule has 1 heterocycles. The van der Waals surface area contributed by atoms with Gasteiger partial charge < -0.3 is 20.7 Å². The predicted octanol–water partition coefficient (Wildman–Crippen LogP) is 1.17. The Morgan fingerprint density at radius 3 is 2.67 bits per heavy atom. The largest absolute Gasteiger partial charge is 0.465 e. The molecule has 2 rings (SSSR count). The molecule has 0 bridgehead atoms. The van der Waals surface area contributed by atoms with Crippen molar-refractivity contribution in [1.82, 2.24) is 15.6 Å². The summed E-state index contributed by atoms with van der Waals surface area (Å²) in [6.07, 6.45) is 0.543. The number of aromatic nitrogens is 1. The minimum Gasteiger partial charge on any atom is -0.465 e. The number of aromatic amines is 1. The number of nitrogens with one attached hydrogen (secondary N) is 3. The Kier molecular flexibility index (Phi) is 3.47. The molecule has 0 saturated carbocycles. The summed E-state index contributed by atoms with van der Waals surface area (Å²) >= 11 is 0. The summed E-state index contributed by atoms with van der Waals surface area (Å²) in [5.41, 5.74) is 1.45. The maximum Gasteiger partial charge on any atom is 0.404 e. The monoisotopic (exact) mass is 247 g/mol. The van der Waals surface area contributed by atoms with Gasteiger partial charge in [0.15, 0.2) is 0 Å². The van der Waals surface area contributed by atoms with Gasteiger partial charge in [0.1, 0.15) is 0 Å². The van der Waals surface area contributed by atoms with Gasteiger partial charge in [0.25, 0.3) is 5.91 Å². The number of hydrogen-bond acceptors (Lipinski definition) is 2. The van der Waals surface area contributed by atoms with Crippen LogP contribution < -0.4 is 10.6 Å². The fourth-order valence-electron chi connectivity index (χ4n) is 1.70. The van der Waals surface area contributed by atoms with E-state index in [-0.39, 0.29) is 19.0 Å². The SMILES string of the molecule is O=C(O)NCCNC(=O)c1c[nH]c2ccccc12. The van der Waals surface area contributed by atoms with Gasteiger partial charge in [-0.15, -0.1) is 0 Å². The molecule has 6 nitrogen and oxygen atoms in total. The van der Waals surface area contributed by atoms with Gasteiger partial charge in [-0.25, -0.2) is 4.79 Å². The maximum absolute atomic E-state index is 11.9. The van der Waals surface area contributed by atoms with Crippen LogP contribution in [-0.2, 0) is 0 Å². The standard InChI is InChI=1S/C12H13N3O3/c16-11(13-5-6-14-12(17)18)9-7-15-10-4-2-1-3-8(9)10/h1-4,7,14-15H,5-6H2,(H,13,16)(H,17,18). The van der Waals surface area contributed by atoms with Crippen molar-refractivity contribution in [1.29, 1.82) is 0 Å². The second kappa shape index (κ2) is 5.22. The average Bonchev–Trinajstić information content (AvgIpc) is 2.78. The van der Waals surface area contributed by atoms with Crippen LogP contribution in [0.25, 0.3) is 10.9 Å². The van der Waals surface area contributed by atoms with E-state index >= 15 is 0 Å². The first-order valence-corrected chi connectivity index (χ1v) is 5.49. The topological polar surface area (TPSA) is 94.2 Å². The Morgan fingerprint density at radius 1 is 1.17 bits per heavy atom. The number of benzene rings is 1. The van der Waals surface area contributed by atoms with E-state index in [1.165, 1.54) is 0 Å². The van der Waals surface area contributed by atoms with Gasteiger partial charge in [-0.1, -0.05) is 18.2 Å². The molecule has 4 N–H and O–H groups in total. The molecule has 0 saturated heterocycles. The Labute approximate surface area is 103 Å². The van der Waals surface area contributed by atoms with Crippen molar-refractivity contribution in [3.05, 3.63) is 36.0 Å². The van der Waals surface area contributed by atoms with Crippen LogP contribution in [-0.4, -0.2) is 35.2 Å². The van der Waals surface area contributed by atoms with Gasteiger partial charge in [-0.3, -0.25) is 4.79 Å². The highest BCUT2D eigenvalue weighted by atomic mass is 16.4. The smallest absolute Gasteiger partial charge is 0.404 e. The Hall–Kier alpha value is -2.50. The Morgan fingerprint density at radius 2 is 1.89 bits per heavy atom. The molecule has 2 amide bonds. The van der Waals surface area contributed by atoms with E-state index < -0.39 is 6.09 Å². The average molecular weight is 247 g/mol. The second-order valence-corrected chi connectivity index (χ2v) is 3.74. The van der Waals surface area contributed by atoms with Crippen molar-refractivity contribution >= 4 is 22.9 Å². The van der Waals surface area contributed by atoms with Gasteiger partial charge in [0.2, 0.25) is 0 Å². The van der Waals surface area contributed by atoms with E-state index in [4.69, 9.17) is 5.11 Å². The van der Waals surface area contributed by atoms with E-state index in [1.54, 1.807) is 6.20 Å². The zero-order valence-electron chi connectivity index (χ0n) is 9.56. The number of carbonyl (C=O) groups is 2. The molecule has 0 atom stereocenters. The first kappa shape index (κ1) is 12.0. The molecule has 1 aromatic carbocycles. The molecule has 0 fully saturated rings.